The Labute approximate surface area is 102 Å². The number of carboxylic acid groups (broad SMARTS) is 1. The molecule has 1 aliphatic rings. The van der Waals surface area contributed by atoms with Gasteiger partial charge in [-0.25, -0.2) is 4.79 Å². The van der Waals surface area contributed by atoms with Gasteiger partial charge in [-0.15, -0.1) is 0 Å². The topological polar surface area (TPSA) is 60.9 Å². The highest BCUT2D eigenvalue weighted by atomic mass is 19.4. The van der Waals surface area contributed by atoms with E-state index in [1.54, 1.807) is 6.92 Å². The lowest BCUT2D eigenvalue weighted by Crippen LogP contribution is -2.49. The third-order valence-corrected chi connectivity index (χ3v) is 2.77. The van der Waals surface area contributed by atoms with Gasteiger partial charge in [-0.1, -0.05) is 0 Å². The number of hydrogen-bond acceptors (Lipinski definition) is 2. The summed E-state index contributed by atoms with van der Waals surface area (Å²) in [5.74, 6) is -1.46. The highest BCUT2D eigenvalue weighted by molar-refractivity contribution is 5.80. The quantitative estimate of drug-likeness (QED) is 0.844. The average Bonchev–Trinajstić information content (AvgIpc) is 2.59. The Bertz CT molecular complexity index is 333. The van der Waals surface area contributed by atoms with Crippen LogP contribution in [0.25, 0.3) is 0 Å². The van der Waals surface area contributed by atoms with Crippen LogP contribution in [0.2, 0.25) is 0 Å². The van der Waals surface area contributed by atoms with E-state index in [-0.39, 0.29) is 6.04 Å². The smallest absolute Gasteiger partial charge is 0.406 e. The Hall–Kier alpha value is -1.47. The summed E-state index contributed by atoms with van der Waals surface area (Å²) in [6.07, 6.45) is -3.16. The summed E-state index contributed by atoms with van der Waals surface area (Å²) in [4.78, 5) is 24.0. The van der Waals surface area contributed by atoms with Gasteiger partial charge in [0.25, 0.3) is 0 Å². The van der Waals surface area contributed by atoms with E-state index in [9.17, 15) is 22.8 Å². The first-order valence-electron chi connectivity index (χ1n) is 5.55. The maximum atomic E-state index is 12.3. The largest absolute Gasteiger partial charge is 0.480 e. The molecule has 0 bridgehead atoms. The molecule has 0 radical (unpaired) electrons. The number of rotatable bonds is 3. The van der Waals surface area contributed by atoms with Crippen molar-refractivity contribution >= 4 is 12.0 Å². The number of hydrogen-bond donors (Lipinski definition) is 1. The first kappa shape index (κ1) is 14.6. The molecular weight excluding hydrogens is 253 g/mol. The standard InChI is InChI=1S/C10H15F3N2O3/c1-7-3-2-4-15(7)9(18)14(5-8(16)17)6-10(11,12)13/h7H,2-6H2,1H3,(H,16,17). The molecule has 1 aliphatic heterocycles. The molecule has 1 heterocycles. The Morgan fingerprint density at radius 3 is 2.44 bits per heavy atom. The number of amides is 2. The molecule has 0 aromatic rings. The van der Waals surface area contributed by atoms with Crippen molar-refractivity contribution in [3.05, 3.63) is 0 Å². The van der Waals surface area contributed by atoms with Crippen molar-refractivity contribution in [1.82, 2.24) is 9.80 Å². The van der Waals surface area contributed by atoms with Gasteiger partial charge in [-0.2, -0.15) is 13.2 Å². The van der Waals surface area contributed by atoms with Gasteiger partial charge < -0.3 is 14.9 Å². The molecule has 0 spiro atoms. The second-order valence-corrected chi connectivity index (χ2v) is 4.33. The number of nitrogens with zero attached hydrogens (tertiary/aromatic N) is 2. The van der Waals surface area contributed by atoms with Crippen molar-refractivity contribution in [2.24, 2.45) is 0 Å². The highest BCUT2D eigenvalue weighted by Gasteiger charge is 2.37. The average molecular weight is 268 g/mol. The van der Waals surface area contributed by atoms with E-state index in [1.165, 1.54) is 4.90 Å². The normalized spacial score (nSPS) is 20.0. The number of alkyl halides is 3. The highest BCUT2D eigenvalue weighted by Crippen LogP contribution is 2.21. The molecular formula is C10H15F3N2O3. The van der Waals surface area contributed by atoms with Gasteiger partial charge in [0.05, 0.1) is 0 Å². The van der Waals surface area contributed by atoms with Crippen LogP contribution >= 0.6 is 0 Å². The maximum absolute atomic E-state index is 12.3. The summed E-state index contributed by atoms with van der Waals surface area (Å²) in [7, 11) is 0. The molecule has 1 N–H and O–H groups in total. The zero-order valence-electron chi connectivity index (χ0n) is 9.90. The number of carboxylic acids is 1. The van der Waals surface area contributed by atoms with Gasteiger partial charge in [0.2, 0.25) is 0 Å². The van der Waals surface area contributed by atoms with E-state index < -0.39 is 31.3 Å². The molecule has 0 aromatic carbocycles. The van der Waals surface area contributed by atoms with Crippen LogP contribution in [0.1, 0.15) is 19.8 Å². The predicted octanol–water partition coefficient (Wildman–Crippen LogP) is 1.54. The summed E-state index contributed by atoms with van der Waals surface area (Å²) in [6.45, 7) is -0.381. The Balaban J connectivity index is 2.75. The van der Waals surface area contributed by atoms with Crippen molar-refractivity contribution in [3.63, 3.8) is 0 Å². The fourth-order valence-corrected chi connectivity index (χ4v) is 1.97. The molecule has 1 atom stereocenters. The van der Waals surface area contributed by atoms with Crippen molar-refractivity contribution in [2.75, 3.05) is 19.6 Å². The summed E-state index contributed by atoms with van der Waals surface area (Å²) >= 11 is 0. The molecule has 2 amide bonds. The fraction of sp³-hybridized carbons (Fsp3) is 0.800. The number of carbonyl (C=O) groups is 2. The summed E-state index contributed by atoms with van der Waals surface area (Å²) < 4.78 is 36.9. The van der Waals surface area contributed by atoms with E-state index in [0.717, 1.165) is 12.8 Å². The van der Waals surface area contributed by atoms with Gasteiger partial charge >= 0.3 is 18.2 Å². The molecule has 104 valence electrons. The van der Waals surface area contributed by atoms with Crippen LogP contribution in [0.5, 0.6) is 0 Å². The summed E-state index contributed by atoms with van der Waals surface area (Å²) in [5, 5.41) is 8.56. The lowest BCUT2D eigenvalue weighted by molar-refractivity contribution is -0.149. The molecule has 0 aromatic heterocycles. The number of aliphatic carboxylic acids is 1. The van der Waals surface area contributed by atoms with Crippen LogP contribution < -0.4 is 0 Å². The van der Waals surface area contributed by atoms with Crippen molar-refractivity contribution in [1.29, 1.82) is 0 Å². The number of carbonyl (C=O) groups excluding carboxylic acids is 1. The molecule has 1 rings (SSSR count). The molecule has 1 fully saturated rings. The molecule has 1 saturated heterocycles. The third kappa shape index (κ3) is 4.08. The van der Waals surface area contributed by atoms with Crippen LogP contribution in [0.4, 0.5) is 18.0 Å². The van der Waals surface area contributed by atoms with Gasteiger partial charge in [-0.05, 0) is 19.8 Å². The second kappa shape index (κ2) is 5.45. The molecule has 0 aliphatic carbocycles. The van der Waals surface area contributed by atoms with Gasteiger partial charge in [0.1, 0.15) is 13.1 Å². The number of urea groups is 1. The van der Waals surface area contributed by atoms with E-state index in [4.69, 9.17) is 5.11 Å². The number of halogens is 3. The molecule has 8 heteroatoms. The zero-order chi connectivity index (χ0) is 13.9. The van der Waals surface area contributed by atoms with Crippen LogP contribution in [-0.2, 0) is 4.79 Å². The first-order chi connectivity index (χ1) is 8.20. The van der Waals surface area contributed by atoms with E-state index in [1.807, 2.05) is 0 Å². The SMILES string of the molecule is CC1CCCN1C(=O)N(CC(=O)O)CC(F)(F)F. The Kier molecular flexibility index (Phi) is 4.42. The lowest BCUT2D eigenvalue weighted by Gasteiger charge is -2.30. The van der Waals surface area contributed by atoms with Crippen LogP contribution in [0.3, 0.4) is 0 Å². The van der Waals surface area contributed by atoms with E-state index >= 15 is 0 Å². The van der Waals surface area contributed by atoms with Crippen molar-refractivity contribution in [3.8, 4) is 0 Å². The molecule has 18 heavy (non-hydrogen) atoms. The monoisotopic (exact) mass is 268 g/mol. The van der Waals surface area contributed by atoms with Gasteiger partial charge in [-0.3, -0.25) is 4.79 Å². The predicted molar refractivity (Wildman–Crippen MR) is 56.1 cm³/mol. The minimum Gasteiger partial charge on any atom is -0.480 e. The van der Waals surface area contributed by atoms with Crippen LogP contribution in [0.15, 0.2) is 0 Å². The zero-order valence-corrected chi connectivity index (χ0v) is 9.90. The number of likely N-dealkylation sites (tertiary alicyclic amines) is 1. The van der Waals surface area contributed by atoms with Crippen molar-refractivity contribution in [2.45, 2.75) is 32.0 Å². The van der Waals surface area contributed by atoms with Crippen LogP contribution in [0, 0.1) is 0 Å². The van der Waals surface area contributed by atoms with E-state index in [2.05, 4.69) is 0 Å². The Morgan fingerprint density at radius 1 is 1.44 bits per heavy atom. The van der Waals surface area contributed by atoms with Gasteiger partial charge in [0, 0.05) is 12.6 Å². The second-order valence-electron chi connectivity index (χ2n) is 4.33. The molecule has 1 unspecified atom stereocenters. The first-order valence-corrected chi connectivity index (χ1v) is 5.55. The summed E-state index contributed by atoms with van der Waals surface area (Å²) in [6, 6.07) is -1.01. The van der Waals surface area contributed by atoms with E-state index in [0.29, 0.717) is 11.4 Å². The minimum absolute atomic E-state index is 0.151. The minimum atomic E-state index is -4.60. The lowest BCUT2D eigenvalue weighted by atomic mass is 10.2. The van der Waals surface area contributed by atoms with Crippen LogP contribution in [-0.4, -0.2) is 58.8 Å². The molecule has 0 saturated carbocycles. The molecule has 5 nitrogen and oxygen atoms in total. The Morgan fingerprint density at radius 2 is 2.06 bits per heavy atom. The third-order valence-electron chi connectivity index (χ3n) is 2.77. The van der Waals surface area contributed by atoms with Crippen molar-refractivity contribution < 1.29 is 27.9 Å². The maximum Gasteiger partial charge on any atom is 0.406 e. The van der Waals surface area contributed by atoms with Gasteiger partial charge in [0.15, 0.2) is 0 Å². The summed E-state index contributed by atoms with van der Waals surface area (Å²) in [5.41, 5.74) is 0. The fourth-order valence-electron chi connectivity index (χ4n) is 1.97.